The predicted molar refractivity (Wildman–Crippen MR) is 63.9 cm³/mol. The van der Waals surface area contributed by atoms with Crippen molar-refractivity contribution in [1.29, 1.82) is 0 Å². The summed E-state index contributed by atoms with van der Waals surface area (Å²) in [5.74, 6) is 0.758. The monoisotopic (exact) mass is 219 g/mol. The molecule has 2 rings (SSSR count). The predicted octanol–water partition coefficient (Wildman–Crippen LogP) is 2.18. The second-order valence-corrected chi connectivity index (χ2v) is 4.30. The van der Waals surface area contributed by atoms with Gasteiger partial charge < -0.3 is 11.1 Å². The van der Waals surface area contributed by atoms with Gasteiger partial charge in [0.05, 0.1) is 11.9 Å². The van der Waals surface area contributed by atoms with Crippen LogP contribution in [0.15, 0.2) is 18.3 Å². The lowest BCUT2D eigenvalue weighted by Crippen LogP contribution is -2.24. The van der Waals surface area contributed by atoms with Crippen molar-refractivity contribution in [3.8, 4) is 0 Å². The molecule has 0 spiro atoms. The average Bonchev–Trinajstić information content (AvgIpc) is 2.33. The highest BCUT2D eigenvalue weighted by Crippen LogP contribution is 2.24. The zero-order chi connectivity index (χ0) is 11.4. The SMILES string of the molecule is Nc1ccc(NC(=O)C2CCCCC2)cn1. The molecule has 1 amide bonds. The molecule has 0 aliphatic heterocycles. The quantitative estimate of drug-likeness (QED) is 0.801. The number of aromatic nitrogens is 1. The second kappa shape index (κ2) is 4.96. The van der Waals surface area contributed by atoms with Crippen LogP contribution >= 0.6 is 0 Å². The van der Waals surface area contributed by atoms with Crippen molar-refractivity contribution in [2.75, 3.05) is 11.1 Å². The van der Waals surface area contributed by atoms with E-state index >= 15 is 0 Å². The van der Waals surface area contributed by atoms with Crippen LogP contribution in [-0.4, -0.2) is 10.9 Å². The number of nitrogens with one attached hydrogen (secondary N) is 1. The Kier molecular flexibility index (Phi) is 3.39. The summed E-state index contributed by atoms with van der Waals surface area (Å²) in [6.45, 7) is 0. The molecular formula is C12H17N3O. The molecule has 1 fully saturated rings. The van der Waals surface area contributed by atoms with Crippen LogP contribution in [0.2, 0.25) is 0 Å². The van der Waals surface area contributed by atoms with Gasteiger partial charge in [-0.15, -0.1) is 0 Å². The number of pyridine rings is 1. The van der Waals surface area contributed by atoms with Gasteiger partial charge in [-0.05, 0) is 25.0 Å². The van der Waals surface area contributed by atoms with Crippen molar-refractivity contribution in [2.45, 2.75) is 32.1 Å². The van der Waals surface area contributed by atoms with Gasteiger partial charge in [-0.2, -0.15) is 0 Å². The van der Waals surface area contributed by atoms with Crippen molar-refractivity contribution in [3.63, 3.8) is 0 Å². The van der Waals surface area contributed by atoms with Crippen LogP contribution < -0.4 is 11.1 Å². The van der Waals surface area contributed by atoms with Crippen molar-refractivity contribution >= 4 is 17.4 Å². The Morgan fingerprint density at radius 2 is 2.06 bits per heavy atom. The molecule has 4 nitrogen and oxygen atoms in total. The van der Waals surface area contributed by atoms with E-state index in [2.05, 4.69) is 10.3 Å². The summed E-state index contributed by atoms with van der Waals surface area (Å²) in [6, 6.07) is 3.47. The lowest BCUT2D eigenvalue weighted by molar-refractivity contribution is -0.120. The molecule has 4 heteroatoms. The van der Waals surface area contributed by atoms with Crippen LogP contribution in [-0.2, 0) is 4.79 Å². The molecule has 16 heavy (non-hydrogen) atoms. The van der Waals surface area contributed by atoms with E-state index in [1.54, 1.807) is 18.3 Å². The summed E-state index contributed by atoms with van der Waals surface area (Å²) in [7, 11) is 0. The highest BCUT2D eigenvalue weighted by molar-refractivity contribution is 5.92. The first kappa shape index (κ1) is 10.9. The van der Waals surface area contributed by atoms with Crippen LogP contribution in [0.1, 0.15) is 32.1 Å². The maximum absolute atomic E-state index is 11.9. The van der Waals surface area contributed by atoms with Crippen LogP contribution in [0.25, 0.3) is 0 Å². The highest BCUT2D eigenvalue weighted by atomic mass is 16.1. The minimum Gasteiger partial charge on any atom is -0.384 e. The zero-order valence-electron chi connectivity index (χ0n) is 9.28. The summed E-state index contributed by atoms with van der Waals surface area (Å²) in [5, 5.41) is 2.88. The van der Waals surface area contributed by atoms with Crippen LogP contribution in [0.5, 0.6) is 0 Å². The number of carbonyl (C=O) groups excluding carboxylic acids is 1. The zero-order valence-corrected chi connectivity index (χ0v) is 9.28. The topological polar surface area (TPSA) is 68.0 Å². The van der Waals surface area contributed by atoms with Crippen molar-refractivity contribution in [2.24, 2.45) is 5.92 Å². The van der Waals surface area contributed by atoms with E-state index in [-0.39, 0.29) is 11.8 Å². The third-order valence-electron chi connectivity index (χ3n) is 3.03. The molecule has 1 aromatic rings. The minimum atomic E-state index is 0.117. The lowest BCUT2D eigenvalue weighted by atomic mass is 9.88. The van der Waals surface area contributed by atoms with Gasteiger partial charge >= 0.3 is 0 Å². The van der Waals surface area contributed by atoms with Crippen LogP contribution in [0.3, 0.4) is 0 Å². The van der Waals surface area contributed by atoms with Crippen molar-refractivity contribution in [1.82, 2.24) is 4.98 Å². The molecule has 1 aliphatic rings. The van der Waals surface area contributed by atoms with Crippen LogP contribution in [0, 0.1) is 5.92 Å². The minimum absolute atomic E-state index is 0.117. The second-order valence-electron chi connectivity index (χ2n) is 4.30. The number of nitrogens with two attached hydrogens (primary N) is 1. The van der Waals surface area contributed by atoms with Gasteiger partial charge in [-0.1, -0.05) is 19.3 Å². The van der Waals surface area contributed by atoms with Crippen LogP contribution in [0.4, 0.5) is 11.5 Å². The molecule has 0 saturated heterocycles. The van der Waals surface area contributed by atoms with Gasteiger partial charge in [0.25, 0.3) is 0 Å². The third kappa shape index (κ3) is 2.72. The Morgan fingerprint density at radius 3 is 2.69 bits per heavy atom. The smallest absolute Gasteiger partial charge is 0.227 e. The summed E-state index contributed by atoms with van der Waals surface area (Å²) >= 11 is 0. The first-order chi connectivity index (χ1) is 7.75. The van der Waals surface area contributed by atoms with E-state index in [9.17, 15) is 4.79 Å². The van der Waals surface area contributed by atoms with Gasteiger partial charge in [0.2, 0.25) is 5.91 Å². The maximum atomic E-state index is 11.9. The Labute approximate surface area is 95.3 Å². The molecule has 0 atom stereocenters. The van der Waals surface area contributed by atoms with E-state index in [0.717, 1.165) is 31.4 Å². The van der Waals surface area contributed by atoms with Gasteiger partial charge in [0.1, 0.15) is 5.82 Å². The lowest BCUT2D eigenvalue weighted by Gasteiger charge is -2.20. The summed E-state index contributed by atoms with van der Waals surface area (Å²) < 4.78 is 0. The number of carbonyl (C=O) groups is 1. The standard InChI is InChI=1S/C12H17N3O/c13-11-7-6-10(8-14-11)15-12(16)9-4-2-1-3-5-9/h6-9H,1-5H2,(H2,13,14)(H,15,16). The number of nitrogen functional groups attached to an aromatic ring is 1. The molecule has 0 unspecified atom stereocenters. The summed E-state index contributed by atoms with van der Waals surface area (Å²) in [4.78, 5) is 15.8. The number of hydrogen-bond acceptors (Lipinski definition) is 3. The van der Waals surface area contributed by atoms with E-state index in [1.807, 2.05) is 0 Å². The number of hydrogen-bond donors (Lipinski definition) is 2. The summed E-state index contributed by atoms with van der Waals surface area (Å²) in [5.41, 5.74) is 6.20. The number of nitrogens with zero attached hydrogens (tertiary/aromatic N) is 1. The molecule has 1 aliphatic carbocycles. The molecule has 86 valence electrons. The molecule has 0 radical (unpaired) electrons. The van der Waals surface area contributed by atoms with Gasteiger partial charge in [-0.3, -0.25) is 4.79 Å². The molecule has 0 aromatic carbocycles. The van der Waals surface area contributed by atoms with Crippen molar-refractivity contribution in [3.05, 3.63) is 18.3 Å². The average molecular weight is 219 g/mol. The maximum Gasteiger partial charge on any atom is 0.227 e. The molecule has 1 saturated carbocycles. The first-order valence-corrected chi connectivity index (χ1v) is 5.78. The Bertz CT molecular complexity index is 355. The van der Waals surface area contributed by atoms with E-state index in [0.29, 0.717) is 5.82 Å². The fourth-order valence-corrected chi connectivity index (χ4v) is 2.09. The Hall–Kier alpha value is -1.58. The van der Waals surface area contributed by atoms with Gasteiger partial charge in [-0.25, -0.2) is 4.98 Å². The summed E-state index contributed by atoms with van der Waals surface area (Å²) in [6.07, 6.45) is 7.20. The highest BCUT2D eigenvalue weighted by Gasteiger charge is 2.20. The Morgan fingerprint density at radius 1 is 1.31 bits per heavy atom. The van der Waals surface area contributed by atoms with E-state index in [4.69, 9.17) is 5.73 Å². The van der Waals surface area contributed by atoms with Crippen molar-refractivity contribution < 1.29 is 4.79 Å². The molecule has 3 N–H and O–H groups in total. The molecule has 1 aromatic heterocycles. The third-order valence-corrected chi connectivity index (χ3v) is 3.03. The van der Waals surface area contributed by atoms with Gasteiger partial charge in [0, 0.05) is 5.92 Å². The Balaban J connectivity index is 1.93. The normalized spacial score (nSPS) is 17.0. The fourth-order valence-electron chi connectivity index (χ4n) is 2.09. The molecule has 1 heterocycles. The van der Waals surface area contributed by atoms with E-state index in [1.165, 1.54) is 6.42 Å². The number of rotatable bonds is 2. The van der Waals surface area contributed by atoms with Gasteiger partial charge in [0.15, 0.2) is 0 Å². The fraction of sp³-hybridized carbons (Fsp3) is 0.500. The first-order valence-electron chi connectivity index (χ1n) is 5.78. The number of anilines is 2. The largest absolute Gasteiger partial charge is 0.384 e. The number of amides is 1. The molecule has 0 bridgehead atoms. The van der Waals surface area contributed by atoms with E-state index < -0.39 is 0 Å². The molecular weight excluding hydrogens is 202 g/mol.